The van der Waals surface area contributed by atoms with E-state index in [1.54, 1.807) is 0 Å². The zero-order valence-corrected chi connectivity index (χ0v) is 16.8. The molecule has 2 saturated heterocycles. The monoisotopic (exact) mass is 383 g/mol. The van der Waals surface area contributed by atoms with Crippen LogP contribution in [0.3, 0.4) is 0 Å². The average Bonchev–Trinajstić information content (AvgIpc) is 3.42. The number of aryl methyl sites for hydroxylation is 2. The maximum atomic E-state index is 12.8. The van der Waals surface area contributed by atoms with E-state index in [-0.39, 0.29) is 24.4 Å². The molecule has 150 valence electrons. The van der Waals surface area contributed by atoms with Crippen molar-refractivity contribution < 1.29 is 9.53 Å². The Morgan fingerprint density at radius 1 is 1.18 bits per heavy atom. The van der Waals surface area contributed by atoms with Crippen LogP contribution in [0.25, 0.3) is 0 Å². The third-order valence-electron chi connectivity index (χ3n) is 6.26. The van der Waals surface area contributed by atoms with E-state index in [4.69, 9.17) is 4.74 Å². The standard InChI is InChI=1S/C21H29N5O2/c1-12-8-16(15-4-5-15)9-13(2)18(12)26-10-17-19(24-26)22-21(23-20(17)27)25-6-7-28-11-14(25)3/h8-10,14-15,19,21-22,24H,4-7,11H2,1-3H3,(H,23,27)/t14-,19?,21?/m1/s1. The van der Waals surface area contributed by atoms with Crippen LogP contribution in [0, 0.1) is 13.8 Å². The number of nitrogens with zero attached hydrogens (tertiary/aromatic N) is 2. The highest BCUT2D eigenvalue weighted by Gasteiger charge is 2.40. The molecule has 7 heteroatoms. The van der Waals surface area contributed by atoms with Gasteiger partial charge in [0.15, 0.2) is 0 Å². The molecule has 0 radical (unpaired) electrons. The number of nitrogens with one attached hydrogen (secondary N) is 3. The van der Waals surface area contributed by atoms with E-state index < -0.39 is 0 Å². The van der Waals surface area contributed by atoms with E-state index in [2.05, 4.69) is 53.9 Å². The number of carbonyl (C=O) groups excluding carboxylic acids is 1. The lowest BCUT2D eigenvalue weighted by atomic mass is 10.0. The van der Waals surface area contributed by atoms with Crippen molar-refractivity contribution in [1.29, 1.82) is 0 Å². The van der Waals surface area contributed by atoms with Crippen molar-refractivity contribution in [2.24, 2.45) is 0 Å². The Kier molecular flexibility index (Phi) is 4.43. The van der Waals surface area contributed by atoms with Gasteiger partial charge in [-0.3, -0.25) is 20.0 Å². The molecule has 5 rings (SSSR count). The highest BCUT2D eigenvalue weighted by molar-refractivity contribution is 5.97. The summed E-state index contributed by atoms with van der Waals surface area (Å²) >= 11 is 0. The van der Waals surface area contributed by atoms with Crippen LogP contribution < -0.4 is 21.1 Å². The summed E-state index contributed by atoms with van der Waals surface area (Å²) in [7, 11) is 0. The van der Waals surface area contributed by atoms with Crippen molar-refractivity contribution in [2.75, 3.05) is 24.8 Å². The van der Waals surface area contributed by atoms with E-state index in [1.165, 1.54) is 29.5 Å². The fraction of sp³-hybridized carbons (Fsp3) is 0.571. The molecule has 3 heterocycles. The summed E-state index contributed by atoms with van der Waals surface area (Å²) in [5, 5.41) is 8.66. The largest absolute Gasteiger partial charge is 0.379 e. The molecule has 2 unspecified atom stereocenters. The minimum absolute atomic E-state index is 0.0210. The summed E-state index contributed by atoms with van der Waals surface area (Å²) in [6, 6.07) is 4.86. The fourth-order valence-corrected chi connectivity index (χ4v) is 4.64. The van der Waals surface area contributed by atoms with Crippen LogP contribution in [-0.2, 0) is 9.53 Å². The molecular weight excluding hydrogens is 354 g/mol. The van der Waals surface area contributed by atoms with Gasteiger partial charge in [0.25, 0.3) is 5.91 Å². The van der Waals surface area contributed by atoms with Crippen LogP contribution in [0.15, 0.2) is 23.9 Å². The van der Waals surface area contributed by atoms with Gasteiger partial charge in [0.05, 0.1) is 24.5 Å². The number of morpholine rings is 1. The third-order valence-corrected chi connectivity index (χ3v) is 6.26. The molecule has 1 amide bonds. The molecule has 7 nitrogen and oxygen atoms in total. The second kappa shape index (κ2) is 6.84. The Morgan fingerprint density at radius 2 is 1.93 bits per heavy atom. The van der Waals surface area contributed by atoms with Crippen molar-refractivity contribution in [3.8, 4) is 0 Å². The average molecular weight is 383 g/mol. The van der Waals surface area contributed by atoms with Crippen LogP contribution in [-0.4, -0.2) is 49.1 Å². The van der Waals surface area contributed by atoms with Gasteiger partial charge in [-0.25, -0.2) is 5.43 Å². The number of carbonyl (C=O) groups is 1. The normalized spacial score (nSPS) is 30.8. The molecule has 0 spiro atoms. The van der Waals surface area contributed by atoms with Crippen molar-refractivity contribution in [1.82, 2.24) is 21.0 Å². The van der Waals surface area contributed by atoms with Gasteiger partial charge < -0.3 is 10.1 Å². The summed E-state index contributed by atoms with van der Waals surface area (Å²) in [4.78, 5) is 15.0. The molecular formula is C21H29N5O2. The van der Waals surface area contributed by atoms with Crippen molar-refractivity contribution >= 4 is 11.6 Å². The Morgan fingerprint density at radius 3 is 2.61 bits per heavy atom. The van der Waals surface area contributed by atoms with Crippen LogP contribution in [0.2, 0.25) is 0 Å². The smallest absolute Gasteiger partial charge is 0.254 e. The summed E-state index contributed by atoms with van der Waals surface area (Å²) in [6.07, 6.45) is 4.14. The van der Waals surface area contributed by atoms with Gasteiger partial charge in [-0.1, -0.05) is 12.1 Å². The second-order valence-electron chi connectivity index (χ2n) is 8.50. The fourth-order valence-electron chi connectivity index (χ4n) is 4.64. The number of fused-ring (bicyclic) bond motifs is 1. The first-order valence-electron chi connectivity index (χ1n) is 10.3. The van der Waals surface area contributed by atoms with Gasteiger partial charge >= 0.3 is 0 Å². The first-order chi connectivity index (χ1) is 13.5. The maximum Gasteiger partial charge on any atom is 0.254 e. The van der Waals surface area contributed by atoms with Crippen molar-refractivity contribution in [3.05, 3.63) is 40.6 Å². The Labute approximate surface area is 166 Å². The van der Waals surface area contributed by atoms with Gasteiger partial charge in [-0.05, 0) is 56.2 Å². The summed E-state index contributed by atoms with van der Waals surface area (Å²) in [6.45, 7) is 8.62. The quantitative estimate of drug-likeness (QED) is 0.734. The summed E-state index contributed by atoms with van der Waals surface area (Å²) < 4.78 is 5.53. The first kappa shape index (κ1) is 18.1. The first-order valence-corrected chi connectivity index (χ1v) is 10.3. The third kappa shape index (κ3) is 3.12. The number of rotatable bonds is 3. The van der Waals surface area contributed by atoms with E-state index >= 15 is 0 Å². The summed E-state index contributed by atoms with van der Waals surface area (Å²) in [5.41, 5.74) is 9.26. The number of hydrazine groups is 1. The zero-order valence-electron chi connectivity index (χ0n) is 16.8. The second-order valence-corrected chi connectivity index (χ2v) is 8.50. The molecule has 3 fully saturated rings. The van der Waals surface area contributed by atoms with E-state index in [0.717, 1.165) is 23.7 Å². The van der Waals surface area contributed by atoms with Crippen LogP contribution in [0.4, 0.5) is 5.69 Å². The van der Waals surface area contributed by atoms with Crippen molar-refractivity contribution in [3.63, 3.8) is 0 Å². The van der Waals surface area contributed by atoms with Gasteiger partial charge in [-0.15, -0.1) is 0 Å². The van der Waals surface area contributed by atoms with Crippen LogP contribution in [0.5, 0.6) is 0 Å². The topological polar surface area (TPSA) is 68.9 Å². The molecule has 1 aliphatic carbocycles. The molecule has 4 aliphatic rings. The molecule has 1 aromatic rings. The highest BCUT2D eigenvalue weighted by atomic mass is 16.5. The predicted molar refractivity (Wildman–Crippen MR) is 107 cm³/mol. The molecule has 0 bridgehead atoms. The Hall–Kier alpha value is -1.93. The zero-order chi connectivity index (χ0) is 19.4. The predicted octanol–water partition coefficient (Wildman–Crippen LogP) is 1.44. The van der Waals surface area contributed by atoms with Crippen LogP contribution >= 0.6 is 0 Å². The highest BCUT2D eigenvalue weighted by Crippen LogP contribution is 2.42. The molecule has 1 saturated carbocycles. The number of hydrogen-bond acceptors (Lipinski definition) is 6. The minimum Gasteiger partial charge on any atom is -0.379 e. The number of benzene rings is 1. The lowest BCUT2D eigenvalue weighted by Crippen LogP contribution is -2.69. The minimum atomic E-state index is -0.198. The molecule has 3 atom stereocenters. The van der Waals surface area contributed by atoms with Gasteiger partial charge in [0, 0.05) is 18.8 Å². The number of amides is 1. The molecule has 28 heavy (non-hydrogen) atoms. The molecule has 0 aromatic heterocycles. The van der Waals surface area contributed by atoms with Gasteiger partial charge in [0.1, 0.15) is 12.5 Å². The van der Waals surface area contributed by atoms with Gasteiger partial charge in [-0.2, -0.15) is 0 Å². The SMILES string of the molecule is Cc1cc(C2CC2)cc(C)c1N1C=C2C(=O)NC(N3CCOC[C@H]3C)NC2N1. The lowest BCUT2D eigenvalue weighted by Gasteiger charge is -2.43. The summed E-state index contributed by atoms with van der Waals surface area (Å²) in [5.74, 6) is 0.718. The number of ether oxygens (including phenoxy) is 1. The van der Waals surface area contributed by atoms with E-state index in [9.17, 15) is 4.79 Å². The van der Waals surface area contributed by atoms with Crippen molar-refractivity contribution in [2.45, 2.75) is 58.0 Å². The van der Waals surface area contributed by atoms with E-state index in [0.29, 0.717) is 13.2 Å². The Balaban J connectivity index is 1.37. The molecule has 1 aromatic carbocycles. The number of anilines is 1. The maximum absolute atomic E-state index is 12.8. The van der Waals surface area contributed by atoms with Crippen LogP contribution in [0.1, 0.15) is 42.4 Å². The lowest BCUT2D eigenvalue weighted by molar-refractivity contribution is -0.124. The van der Waals surface area contributed by atoms with Gasteiger partial charge in [0.2, 0.25) is 0 Å². The number of hydrogen-bond donors (Lipinski definition) is 3. The molecule has 3 N–H and O–H groups in total. The molecule has 3 aliphatic heterocycles. The Bertz CT molecular complexity index is 811. The van der Waals surface area contributed by atoms with E-state index in [1.807, 2.05) is 11.2 Å².